The van der Waals surface area contributed by atoms with Crippen LogP contribution in [0.5, 0.6) is 0 Å². The molecular formula is C21H22FNOS. The summed E-state index contributed by atoms with van der Waals surface area (Å²) in [5.74, 6) is 0.0671. The van der Waals surface area contributed by atoms with Crippen molar-refractivity contribution in [2.24, 2.45) is 0 Å². The summed E-state index contributed by atoms with van der Waals surface area (Å²) in [5, 5.41) is 0. The second-order valence-corrected chi connectivity index (χ2v) is 8.50. The van der Waals surface area contributed by atoms with Gasteiger partial charge in [0, 0.05) is 34.7 Å². The highest BCUT2D eigenvalue weighted by atomic mass is 32.2. The number of rotatable bonds is 2. The van der Waals surface area contributed by atoms with E-state index in [1.807, 2.05) is 18.0 Å². The van der Waals surface area contributed by atoms with E-state index >= 15 is 0 Å². The molecule has 0 spiro atoms. The zero-order chi connectivity index (χ0) is 17.6. The Morgan fingerprint density at radius 1 is 1.16 bits per heavy atom. The maximum Gasteiger partial charge on any atom is 0.222 e. The Bertz CT molecular complexity index is 836. The number of nitrogens with zero attached hydrogens (tertiary/aromatic N) is 1. The molecule has 2 atom stereocenters. The van der Waals surface area contributed by atoms with Crippen LogP contribution in [-0.2, 0) is 16.6 Å². The van der Waals surface area contributed by atoms with E-state index in [9.17, 15) is 9.18 Å². The van der Waals surface area contributed by atoms with Crippen LogP contribution in [0.25, 0.3) is 0 Å². The number of fused-ring (bicyclic) bond motifs is 3. The topological polar surface area (TPSA) is 20.3 Å². The number of likely N-dealkylation sites (N-methyl/N-ethyl adjacent to an activating group) is 1. The fourth-order valence-electron chi connectivity index (χ4n) is 4.49. The summed E-state index contributed by atoms with van der Waals surface area (Å²) in [6.07, 6.45) is 3.55. The molecule has 4 rings (SSSR count). The summed E-state index contributed by atoms with van der Waals surface area (Å²) in [6, 6.07) is 13.6. The highest BCUT2D eigenvalue weighted by Gasteiger charge is 2.46. The van der Waals surface area contributed by atoms with Gasteiger partial charge in [0.1, 0.15) is 5.82 Å². The summed E-state index contributed by atoms with van der Waals surface area (Å²) in [6.45, 7) is 2.30. The maximum atomic E-state index is 13.4. The fourth-order valence-corrected chi connectivity index (χ4v) is 5.42. The molecule has 1 aliphatic carbocycles. The van der Waals surface area contributed by atoms with Crippen LogP contribution < -0.4 is 0 Å². The molecule has 1 unspecified atom stereocenters. The minimum atomic E-state index is -0.201. The number of aryl methyl sites for hydroxylation is 1. The van der Waals surface area contributed by atoms with Gasteiger partial charge < -0.3 is 4.90 Å². The molecular weight excluding hydrogens is 333 g/mol. The van der Waals surface area contributed by atoms with Gasteiger partial charge in [-0.1, -0.05) is 30.8 Å². The Balaban J connectivity index is 1.65. The van der Waals surface area contributed by atoms with Gasteiger partial charge in [-0.05, 0) is 60.7 Å². The number of carbonyl (C=O) groups excluding carboxylic acids is 1. The van der Waals surface area contributed by atoms with Gasteiger partial charge in [0.2, 0.25) is 5.91 Å². The average molecular weight is 355 g/mol. The van der Waals surface area contributed by atoms with Gasteiger partial charge in [-0.2, -0.15) is 0 Å². The van der Waals surface area contributed by atoms with E-state index in [0.29, 0.717) is 12.5 Å². The SMILES string of the molecule is CN1C(=O)CC[C@]2(C)c3ccc(Sc4cccc(F)c4)cc3CCC12. The van der Waals surface area contributed by atoms with Crippen molar-refractivity contribution in [1.82, 2.24) is 4.90 Å². The molecule has 25 heavy (non-hydrogen) atoms. The van der Waals surface area contributed by atoms with E-state index in [1.165, 1.54) is 17.2 Å². The van der Waals surface area contributed by atoms with Gasteiger partial charge in [-0.15, -0.1) is 0 Å². The third-order valence-corrected chi connectivity index (χ3v) is 6.84. The number of hydrogen-bond acceptors (Lipinski definition) is 2. The number of carbonyl (C=O) groups is 1. The molecule has 1 fully saturated rings. The molecule has 2 aromatic carbocycles. The molecule has 0 bridgehead atoms. The third-order valence-electron chi connectivity index (χ3n) is 5.87. The van der Waals surface area contributed by atoms with E-state index in [2.05, 4.69) is 25.1 Å². The van der Waals surface area contributed by atoms with Crippen LogP contribution in [0.15, 0.2) is 52.3 Å². The Kier molecular flexibility index (Phi) is 4.11. The lowest BCUT2D eigenvalue weighted by atomic mass is 9.63. The molecule has 0 N–H and O–H groups in total. The monoisotopic (exact) mass is 355 g/mol. The molecule has 130 valence electrons. The van der Waals surface area contributed by atoms with Crippen molar-refractivity contribution < 1.29 is 9.18 Å². The van der Waals surface area contributed by atoms with Crippen molar-refractivity contribution in [3.63, 3.8) is 0 Å². The molecule has 1 heterocycles. The lowest BCUT2D eigenvalue weighted by Crippen LogP contribution is -2.56. The molecule has 2 nitrogen and oxygen atoms in total. The van der Waals surface area contributed by atoms with Crippen LogP contribution in [0.4, 0.5) is 4.39 Å². The predicted molar refractivity (Wildman–Crippen MR) is 98.4 cm³/mol. The van der Waals surface area contributed by atoms with Gasteiger partial charge >= 0.3 is 0 Å². The first-order valence-corrected chi connectivity index (χ1v) is 9.61. The highest BCUT2D eigenvalue weighted by molar-refractivity contribution is 7.99. The molecule has 0 aromatic heterocycles. The standard InChI is InChI=1S/C21H22FNOS/c1-21-11-10-20(24)23(2)19(21)9-6-14-12-17(7-8-18(14)21)25-16-5-3-4-15(22)13-16/h3-5,7-8,12-13,19H,6,9-11H2,1-2H3/t19?,21-/m1/s1. The van der Waals surface area contributed by atoms with Crippen LogP contribution >= 0.6 is 11.8 Å². The average Bonchev–Trinajstić information content (AvgIpc) is 2.58. The largest absolute Gasteiger partial charge is 0.342 e. The van der Waals surface area contributed by atoms with E-state index in [-0.39, 0.29) is 17.1 Å². The number of hydrogen-bond donors (Lipinski definition) is 0. The van der Waals surface area contributed by atoms with Crippen LogP contribution in [0.2, 0.25) is 0 Å². The van der Waals surface area contributed by atoms with Gasteiger partial charge in [0.25, 0.3) is 0 Å². The Morgan fingerprint density at radius 2 is 1.96 bits per heavy atom. The minimum Gasteiger partial charge on any atom is -0.342 e. The molecule has 1 aliphatic heterocycles. The molecule has 0 saturated carbocycles. The van der Waals surface area contributed by atoms with E-state index in [0.717, 1.165) is 29.1 Å². The minimum absolute atomic E-state index is 0.0400. The maximum absolute atomic E-state index is 13.4. The van der Waals surface area contributed by atoms with Crippen LogP contribution in [0.1, 0.15) is 37.3 Å². The number of likely N-dealkylation sites (tertiary alicyclic amines) is 1. The quantitative estimate of drug-likeness (QED) is 0.771. The van der Waals surface area contributed by atoms with Crippen molar-refractivity contribution >= 4 is 17.7 Å². The first kappa shape index (κ1) is 16.6. The molecule has 2 aliphatic rings. The number of benzene rings is 2. The second kappa shape index (κ2) is 6.17. The van der Waals surface area contributed by atoms with Gasteiger partial charge in [0.15, 0.2) is 0 Å². The Morgan fingerprint density at radius 3 is 2.76 bits per heavy atom. The summed E-state index contributed by atoms with van der Waals surface area (Å²) in [4.78, 5) is 16.1. The van der Waals surface area contributed by atoms with Crippen LogP contribution in [0.3, 0.4) is 0 Å². The predicted octanol–water partition coefficient (Wildman–Crippen LogP) is 4.80. The Labute approximate surface area is 152 Å². The second-order valence-electron chi connectivity index (χ2n) is 7.35. The summed E-state index contributed by atoms with van der Waals surface area (Å²) in [7, 11) is 1.95. The number of piperidine rings is 1. The summed E-state index contributed by atoms with van der Waals surface area (Å²) in [5.41, 5.74) is 2.80. The van der Waals surface area contributed by atoms with Crippen molar-refractivity contribution in [3.8, 4) is 0 Å². The van der Waals surface area contributed by atoms with E-state index in [1.54, 1.807) is 23.9 Å². The van der Waals surface area contributed by atoms with Crippen molar-refractivity contribution in [3.05, 3.63) is 59.4 Å². The molecule has 1 saturated heterocycles. The van der Waals surface area contributed by atoms with Crippen molar-refractivity contribution in [2.75, 3.05) is 7.05 Å². The lowest BCUT2D eigenvalue weighted by Gasteiger charge is -2.50. The molecule has 2 aromatic rings. The molecule has 1 amide bonds. The first-order valence-electron chi connectivity index (χ1n) is 8.80. The molecule has 4 heteroatoms. The van der Waals surface area contributed by atoms with Crippen LogP contribution in [0, 0.1) is 5.82 Å². The van der Waals surface area contributed by atoms with Gasteiger partial charge in [0.05, 0.1) is 0 Å². The zero-order valence-electron chi connectivity index (χ0n) is 14.6. The van der Waals surface area contributed by atoms with E-state index < -0.39 is 0 Å². The summed E-state index contributed by atoms with van der Waals surface area (Å²) < 4.78 is 13.4. The third kappa shape index (κ3) is 2.86. The van der Waals surface area contributed by atoms with E-state index in [4.69, 9.17) is 0 Å². The number of amides is 1. The fraction of sp³-hybridized carbons (Fsp3) is 0.381. The van der Waals surface area contributed by atoms with Gasteiger partial charge in [-0.3, -0.25) is 4.79 Å². The van der Waals surface area contributed by atoms with Gasteiger partial charge in [-0.25, -0.2) is 4.39 Å². The Hall–Kier alpha value is -1.81. The summed E-state index contributed by atoms with van der Waals surface area (Å²) >= 11 is 1.60. The highest BCUT2D eigenvalue weighted by Crippen LogP contribution is 2.46. The van der Waals surface area contributed by atoms with Crippen molar-refractivity contribution in [1.29, 1.82) is 0 Å². The van der Waals surface area contributed by atoms with Crippen LogP contribution in [-0.4, -0.2) is 23.9 Å². The lowest BCUT2D eigenvalue weighted by molar-refractivity contribution is -0.138. The number of halogens is 1. The normalized spacial score (nSPS) is 25.5. The smallest absolute Gasteiger partial charge is 0.222 e. The van der Waals surface area contributed by atoms with Crippen molar-refractivity contribution in [2.45, 2.75) is 53.9 Å². The zero-order valence-corrected chi connectivity index (χ0v) is 15.4. The first-order chi connectivity index (χ1) is 12.0. The molecule has 0 radical (unpaired) electrons.